The minimum absolute atomic E-state index is 0.237. The van der Waals surface area contributed by atoms with Crippen LogP contribution in [0.1, 0.15) is 32.1 Å². The third-order valence-electron chi connectivity index (χ3n) is 3.20. The summed E-state index contributed by atoms with van der Waals surface area (Å²) in [4.78, 5) is 13.2. The fourth-order valence-electron chi connectivity index (χ4n) is 2.10. The summed E-state index contributed by atoms with van der Waals surface area (Å²) < 4.78 is 5.79. The molecule has 1 aliphatic heterocycles. The molecule has 3 heteroatoms. The molecule has 1 atom stereocenters. The molecular weight excluding hydrogens is 256 g/mol. The molecule has 0 radical (unpaired) electrons. The topological polar surface area (TPSA) is 26.3 Å². The van der Waals surface area contributed by atoms with E-state index >= 15 is 0 Å². The molecular formula is C16H20O2S. The number of hydrogen-bond donors (Lipinski definition) is 0. The van der Waals surface area contributed by atoms with Crippen molar-refractivity contribution in [3.05, 3.63) is 36.9 Å². The molecule has 0 aliphatic carbocycles. The zero-order valence-electron chi connectivity index (χ0n) is 11.1. The van der Waals surface area contributed by atoms with Crippen LogP contribution < -0.4 is 4.74 Å². The minimum atomic E-state index is -0.265. The first-order valence-corrected chi connectivity index (χ1v) is 7.82. The lowest BCUT2D eigenvalue weighted by molar-refractivity contribution is -0.125. The molecule has 1 heterocycles. The molecule has 2 rings (SSSR count). The highest BCUT2D eigenvalue weighted by molar-refractivity contribution is 7.99. The van der Waals surface area contributed by atoms with Gasteiger partial charge in [-0.25, -0.2) is 0 Å². The van der Waals surface area contributed by atoms with Gasteiger partial charge in [-0.05, 0) is 31.4 Å². The smallest absolute Gasteiger partial charge is 0.174 e. The first kappa shape index (κ1) is 14.2. The predicted octanol–water partition coefficient (Wildman–Crippen LogP) is 4.25. The van der Waals surface area contributed by atoms with Gasteiger partial charge in [-0.1, -0.05) is 24.6 Å². The molecule has 1 aromatic carbocycles. The van der Waals surface area contributed by atoms with E-state index in [1.54, 1.807) is 11.8 Å². The number of ether oxygens (including phenoxy) is 1. The van der Waals surface area contributed by atoms with Crippen LogP contribution in [-0.2, 0) is 4.79 Å². The third kappa shape index (κ3) is 4.13. The number of ketones is 1. The zero-order chi connectivity index (χ0) is 13.5. The van der Waals surface area contributed by atoms with E-state index in [-0.39, 0.29) is 11.9 Å². The minimum Gasteiger partial charge on any atom is -0.481 e. The zero-order valence-corrected chi connectivity index (χ0v) is 12.0. The molecule has 0 saturated heterocycles. The maximum absolute atomic E-state index is 12.1. The second-order valence-electron chi connectivity index (χ2n) is 4.72. The van der Waals surface area contributed by atoms with Gasteiger partial charge in [0.2, 0.25) is 0 Å². The van der Waals surface area contributed by atoms with Crippen LogP contribution in [0.4, 0.5) is 0 Å². The Kier molecular flexibility index (Phi) is 5.52. The Hall–Kier alpha value is -1.22. The van der Waals surface area contributed by atoms with Crippen LogP contribution in [0.15, 0.2) is 41.8 Å². The number of para-hydroxylation sites is 1. The molecule has 102 valence electrons. The highest BCUT2D eigenvalue weighted by atomic mass is 32.2. The van der Waals surface area contributed by atoms with Gasteiger partial charge in [0.25, 0.3) is 0 Å². The van der Waals surface area contributed by atoms with E-state index in [0.29, 0.717) is 6.42 Å². The average molecular weight is 276 g/mol. The number of hydrogen-bond acceptors (Lipinski definition) is 3. The number of unbranched alkanes of at least 4 members (excludes halogenated alkanes) is 3. The Bertz CT molecular complexity index is 442. The fraction of sp³-hybridized carbons (Fsp3) is 0.438. The highest BCUT2D eigenvalue weighted by Gasteiger charge is 2.25. The third-order valence-corrected chi connectivity index (χ3v) is 4.32. The van der Waals surface area contributed by atoms with Gasteiger partial charge >= 0.3 is 0 Å². The Labute approximate surface area is 119 Å². The van der Waals surface area contributed by atoms with Crippen LogP contribution in [0.2, 0.25) is 0 Å². The summed E-state index contributed by atoms with van der Waals surface area (Å²) in [6, 6.07) is 7.92. The Morgan fingerprint density at radius 1 is 1.37 bits per heavy atom. The van der Waals surface area contributed by atoms with E-state index < -0.39 is 0 Å². The predicted molar refractivity (Wildman–Crippen MR) is 79.9 cm³/mol. The van der Waals surface area contributed by atoms with Crippen LogP contribution in [-0.4, -0.2) is 17.6 Å². The first-order chi connectivity index (χ1) is 9.31. The number of fused-ring (bicyclic) bond motifs is 1. The van der Waals surface area contributed by atoms with Crippen LogP contribution in [0.3, 0.4) is 0 Å². The molecule has 0 aromatic heterocycles. The van der Waals surface area contributed by atoms with Crippen molar-refractivity contribution >= 4 is 17.5 Å². The molecule has 1 aliphatic rings. The van der Waals surface area contributed by atoms with Gasteiger partial charge in [0, 0.05) is 17.1 Å². The molecule has 2 nitrogen and oxygen atoms in total. The fourth-order valence-corrected chi connectivity index (χ4v) is 3.12. The molecule has 0 saturated carbocycles. The second kappa shape index (κ2) is 7.39. The van der Waals surface area contributed by atoms with Gasteiger partial charge in [-0.15, -0.1) is 18.3 Å². The number of thioether (sulfide) groups is 1. The maximum atomic E-state index is 12.1. The number of rotatable bonds is 7. The van der Waals surface area contributed by atoms with Crippen molar-refractivity contribution in [2.75, 3.05) is 5.75 Å². The lowest BCUT2D eigenvalue weighted by Gasteiger charge is -2.24. The summed E-state index contributed by atoms with van der Waals surface area (Å²) in [5, 5.41) is 0. The first-order valence-electron chi connectivity index (χ1n) is 6.83. The summed E-state index contributed by atoms with van der Waals surface area (Å²) in [5.74, 6) is 1.83. The summed E-state index contributed by atoms with van der Waals surface area (Å²) in [7, 11) is 0. The molecule has 0 amide bonds. The average Bonchev–Trinajstić information content (AvgIpc) is 2.46. The van der Waals surface area contributed by atoms with Crippen LogP contribution in [0, 0.1) is 0 Å². The van der Waals surface area contributed by atoms with Crippen LogP contribution in [0.5, 0.6) is 5.75 Å². The number of Topliss-reactive ketones (excluding diaryl/α,β-unsaturated/α-hetero) is 1. The molecule has 0 fully saturated rings. The van der Waals surface area contributed by atoms with E-state index in [0.717, 1.165) is 42.1 Å². The van der Waals surface area contributed by atoms with Crippen molar-refractivity contribution in [2.45, 2.75) is 43.1 Å². The van der Waals surface area contributed by atoms with Crippen molar-refractivity contribution < 1.29 is 9.53 Å². The Morgan fingerprint density at radius 2 is 2.21 bits per heavy atom. The normalized spacial score (nSPS) is 17.4. The summed E-state index contributed by atoms with van der Waals surface area (Å²) in [6.07, 6.45) is 6.51. The molecule has 1 aromatic rings. The standard InChI is InChI=1S/C16H20O2S/c1-2-3-4-5-6-9-13(17)15-12-19-16-11-8-7-10-14(16)18-15/h2,7-8,10-11,15H,1,3-6,9,12H2. The van der Waals surface area contributed by atoms with Gasteiger partial charge in [0.05, 0.1) is 0 Å². The van der Waals surface area contributed by atoms with Crippen molar-refractivity contribution in [1.82, 2.24) is 0 Å². The number of carbonyl (C=O) groups is 1. The lowest BCUT2D eigenvalue weighted by Crippen LogP contribution is -2.32. The van der Waals surface area contributed by atoms with Crippen LogP contribution >= 0.6 is 11.8 Å². The Morgan fingerprint density at radius 3 is 3.05 bits per heavy atom. The molecule has 0 bridgehead atoms. The van der Waals surface area contributed by atoms with Gasteiger partial charge < -0.3 is 4.74 Å². The quantitative estimate of drug-likeness (QED) is 0.550. The van der Waals surface area contributed by atoms with Gasteiger partial charge in [0.1, 0.15) is 5.75 Å². The largest absolute Gasteiger partial charge is 0.481 e. The van der Waals surface area contributed by atoms with Crippen molar-refractivity contribution in [1.29, 1.82) is 0 Å². The molecule has 1 unspecified atom stereocenters. The van der Waals surface area contributed by atoms with Crippen LogP contribution in [0.25, 0.3) is 0 Å². The van der Waals surface area contributed by atoms with E-state index in [4.69, 9.17) is 4.74 Å². The summed E-state index contributed by atoms with van der Waals surface area (Å²) in [6.45, 7) is 3.70. The number of allylic oxidation sites excluding steroid dienone is 1. The van der Waals surface area contributed by atoms with Crippen molar-refractivity contribution in [3.8, 4) is 5.75 Å². The van der Waals surface area contributed by atoms with Crippen molar-refractivity contribution in [2.24, 2.45) is 0 Å². The highest BCUT2D eigenvalue weighted by Crippen LogP contribution is 2.35. The molecule has 0 spiro atoms. The summed E-state index contributed by atoms with van der Waals surface area (Å²) in [5.41, 5.74) is 0. The number of benzene rings is 1. The van der Waals surface area contributed by atoms with Gasteiger partial charge in [-0.2, -0.15) is 0 Å². The van der Waals surface area contributed by atoms with E-state index in [1.165, 1.54) is 0 Å². The molecule has 19 heavy (non-hydrogen) atoms. The second-order valence-corrected chi connectivity index (χ2v) is 5.78. The monoisotopic (exact) mass is 276 g/mol. The lowest BCUT2D eigenvalue weighted by atomic mass is 10.1. The van der Waals surface area contributed by atoms with E-state index in [2.05, 4.69) is 6.58 Å². The van der Waals surface area contributed by atoms with Gasteiger partial charge in [0.15, 0.2) is 11.9 Å². The van der Waals surface area contributed by atoms with Gasteiger partial charge in [-0.3, -0.25) is 4.79 Å². The Balaban J connectivity index is 1.77. The maximum Gasteiger partial charge on any atom is 0.174 e. The SMILES string of the molecule is C=CCCCCCC(=O)C1CSc2ccccc2O1. The van der Waals surface area contributed by atoms with E-state index in [1.807, 2.05) is 30.3 Å². The number of carbonyl (C=O) groups excluding carboxylic acids is 1. The summed E-state index contributed by atoms with van der Waals surface area (Å²) >= 11 is 1.71. The van der Waals surface area contributed by atoms with Crippen molar-refractivity contribution in [3.63, 3.8) is 0 Å². The van der Waals surface area contributed by atoms with E-state index in [9.17, 15) is 4.79 Å². The molecule has 0 N–H and O–H groups in total.